The van der Waals surface area contributed by atoms with Gasteiger partial charge in [-0.3, -0.25) is 0 Å². The summed E-state index contributed by atoms with van der Waals surface area (Å²) < 4.78 is 14.0. The Bertz CT molecular complexity index is 502. The van der Waals surface area contributed by atoms with Crippen LogP contribution in [0.5, 0.6) is 0 Å². The summed E-state index contributed by atoms with van der Waals surface area (Å²) in [6, 6.07) is 5.52. The minimum absolute atomic E-state index is 0.0891. The van der Waals surface area contributed by atoms with E-state index in [1.54, 1.807) is 12.1 Å². The van der Waals surface area contributed by atoms with Crippen LogP contribution in [0.4, 0.5) is 4.39 Å². The number of aliphatic hydroxyl groups is 1. The zero-order valence-electron chi connectivity index (χ0n) is 13.4. The fraction of sp³-hybridized carbons (Fsp3) is 0.667. The molecule has 0 aromatic heterocycles. The van der Waals surface area contributed by atoms with Crippen LogP contribution < -0.4 is 5.32 Å². The van der Waals surface area contributed by atoms with Crippen LogP contribution in [0.1, 0.15) is 43.4 Å². The molecule has 2 aliphatic rings. The lowest BCUT2D eigenvalue weighted by molar-refractivity contribution is 0.116. The second kappa shape index (κ2) is 7.07. The molecule has 3 unspecified atom stereocenters. The van der Waals surface area contributed by atoms with Gasteiger partial charge in [0.1, 0.15) is 5.82 Å². The Kier molecular flexibility index (Phi) is 5.11. The maximum Gasteiger partial charge on any atom is 0.126 e. The minimum atomic E-state index is -0.357. The van der Waals surface area contributed by atoms with Crippen molar-refractivity contribution < 1.29 is 9.50 Å². The summed E-state index contributed by atoms with van der Waals surface area (Å²) in [5, 5.41) is 13.7. The summed E-state index contributed by atoms with van der Waals surface area (Å²) in [4.78, 5) is 2.32. The van der Waals surface area contributed by atoms with Crippen molar-refractivity contribution in [2.75, 3.05) is 26.2 Å². The van der Waals surface area contributed by atoms with Crippen molar-refractivity contribution in [3.63, 3.8) is 0 Å². The molecule has 3 rings (SSSR count). The number of nitrogens with one attached hydrogen (secondary N) is 1. The monoisotopic (exact) mass is 306 g/mol. The molecular formula is C18H27FN2O. The third kappa shape index (κ3) is 3.50. The van der Waals surface area contributed by atoms with E-state index in [2.05, 4.69) is 17.1 Å². The van der Waals surface area contributed by atoms with Crippen LogP contribution in [0.15, 0.2) is 18.2 Å². The maximum atomic E-state index is 14.0. The molecule has 0 radical (unpaired) electrons. The van der Waals surface area contributed by atoms with Gasteiger partial charge in [-0.15, -0.1) is 0 Å². The number of fused-ring (bicyclic) bond motifs is 1. The first-order chi connectivity index (χ1) is 10.6. The highest BCUT2D eigenvalue weighted by Gasteiger charge is 2.28. The van der Waals surface area contributed by atoms with Gasteiger partial charge in [0.05, 0.1) is 6.10 Å². The lowest BCUT2D eigenvalue weighted by Crippen LogP contribution is -2.40. The highest BCUT2D eigenvalue weighted by atomic mass is 19.1. The van der Waals surface area contributed by atoms with E-state index in [0.29, 0.717) is 12.5 Å². The average molecular weight is 306 g/mol. The van der Waals surface area contributed by atoms with Gasteiger partial charge in [0.2, 0.25) is 0 Å². The molecule has 0 bridgehead atoms. The predicted molar refractivity (Wildman–Crippen MR) is 86.3 cm³/mol. The summed E-state index contributed by atoms with van der Waals surface area (Å²) in [7, 11) is 0. The summed E-state index contributed by atoms with van der Waals surface area (Å²) in [6.45, 7) is 5.72. The molecule has 22 heavy (non-hydrogen) atoms. The maximum absolute atomic E-state index is 14.0. The van der Waals surface area contributed by atoms with E-state index in [4.69, 9.17) is 0 Å². The topological polar surface area (TPSA) is 35.5 Å². The molecule has 3 nitrogen and oxygen atoms in total. The molecule has 2 N–H and O–H groups in total. The molecule has 0 saturated carbocycles. The Morgan fingerprint density at radius 2 is 2.14 bits per heavy atom. The molecule has 1 aliphatic heterocycles. The molecule has 1 aliphatic carbocycles. The standard InChI is InChI=1S/C18H27FN2O/c1-13-7-8-15-16(5-4-6-17(15)19)18(13)20-11-14(22)12-21-9-2-3-10-21/h4-6,13-14,18,20,22H,2-3,7-12H2,1H3. The van der Waals surface area contributed by atoms with Gasteiger partial charge in [-0.2, -0.15) is 0 Å². The highest BCUT2D eigenvalue weighted by molar-refractivity contribution is 5.34. The van der Waals surface area contributed by atoms with Gasteiger partial charge in [0.25, 0.3) is 0 Å². The van der Waals surface area contributed by atoms with Crippen molar-refractivity contribution in [2.45, 2.75) is 44.8 Å². The first-order valence-electron chi connectivity index (χ1n) is 8.56. The van der Waals surface area contributed by atoms with Gasteiger partial charge >= 0.3 is 0 Å². The number of hydrogen-bond donors (Lipinski definition) is 2. The van der Waals surface area contributed by atoms with Crippen LogP contribution in [-0.2, 0) is 6.42 Å². The zero-order valence-corrected chi connectivity index (χ0v) is 13.4. The van der Waals surface area contributed by atoms with Crippen molar-refractivity contribution in [1.29, 1.82) is 0 Å². The summed E-state index contributed by atoms with van der Waals surface area (Å²) in [5.41, 5.74) is 1.93. The second-order valence-electron chi connectivity index (χ2n) is 6.87. The molecule has 3 atom stereocenters. The number of nitrogens with zero attached hydrogens (tertiary/aromatic N) is 1. The van der Waals surface area contributed by atoms with Crippen LogP contribution >= 0.6 is 0 Å². The van der Waals surface area contributed by atoms with E-state index < -0.39 is 0 Å². The number of halogens is 1. The van der Waals surface area contributed by atoms with Crippen molar-refractivity contribution in [2.24, 2.45) is 5.92 Å². The normalized spacial score (nSPS) is 26.9. The molecule has 1 saturated heterocycles. The van der Waals surface area contributed by atoms with Crippen LogP contribution in [0.2, 0.25) is 0 Å². The largest absolute Gasteiger partial charge is 0.390 e. The number of aliphatic hydroxyl groups excluding tert-OH is 1. The predicted octanol–water partition coefficient (Wildman–Crippen LogP) is 2.50. The number of hydrogen-bond acceptors (Lipinski definition) is 3. The smallest absolute Gasteiger partial charge is 0.126 e. The molecule has 4 heteroatoms. The Morgan fingerprint density at radius 3 is 2.91 bits per heavy atom. The zero-order chi connectivity index (χ0) is 15.5. The van der Waals surface area contributed by atoms with Gasteiger partial charge in [-0.05, 0) is 61.9 Å². The van der Waals surface area contributed by atoms with Gasteiger partial charge in [0, 0.05) is 19.1 Å². The number of β-amino-alcohol motifs (C(OH)–C–C–N with tert-alkyl or cyclic N) is 1. The van der Waals surface area contributed by atoms with Gasteiger partial charge in [-0.25, -0.2) is 4.39 Å². The van der Waals surface area contributed by atoms with Gasteiger partial charge in [0.15, 0.2) is 0 Å². The summed E-state index contributed by atoms with van der Waals surface area (Å²) in [5.74, 6) is 0.377. The molecular weight excluding hydrogens is 279 g/mol. The van der Waals surface area contributed by atoms with Crippen molar-refractivity contribution >= 4 is 0 Å². The van der Waals surface area contributed by atoms with Crippen molar-refractivity contribution in [1.82, 2.24) is 10.2 Å². The average Bonchev–Trinajstić information content (AvgIpc) is 2.99. The lowest BCUT2D eigenvalue weighted by atomic mass is 9.80. The van der Waals surface area contributed by atoms with E-state index in [1.165, 1.54) is 12.8 Å². The molecule has 122 valence electrons. The van der Waals surface area contributed by atoms with E-state index in [1.807, 2.05) is 6.07 Å². The van der Waals surface area contributed by atoms with Crippen LogP contribution in [0.25, 0.3) is 0 Å². The van der Waals surface area contributed by atoms with E-state index in [0.717, 1.165) is 43.6 Å². The molecule has 0 amide bonds. The van der Waals surface area contributed by atoms with Gasteiger partial charge in [-0.1, -0.05) is 19.1 Å². The van der Waals surface area contributed by atoms with E-state index in [9.17, 15) is 9.50 Å². The Morgan fingerprint density at radius 1 is 1.36 bits per heavy atom. The summed E-state index contributed by atoms with van der Waals surface area (Å²) in [6.07, 6.45) is 3.94. The third-order valence-corrected chi connectivity index (χ3v) is 5.15. The highest BCUT2D eigenvalue weighted by Crippen LogP contribution is 2.35. The number of benzene rings is 1. The summed E-state index contributed by atoms with van der Waals surface area (Å²) >= 11 is 0. The van der Waals surface area contributed by atoms with E-state index in [-0.39, 0.29) is 18.0 Å². The molecule has 1 aromatic rings. The van der Waals surface area contributed by atoms with Crippen LogP contribution in [-0.4, -0.2) is 42.3 Å². The van der Waals surface area contributed by atoms with E-state index >= 15 is 0 Å². The Labute approximate surface area is 132 Å². The fourth-order valence-corrected chi connectivity index (χ4v) is 3.88. The van der Waals surface area contributed by atoms with Crippen molar-refractivity contribution in [3.05, 3.63) is 35.1 Å². The van der Waals surface area contributed by atoms with Crippen LogP contribution in [0, 0.1) is 11.7 Å². The minimum Gasteiger partial charge on any atom is -0.390 e. The molecule has 0 spiro atoms. The third-order valence-electron chi connectivity index (χ3n) is 5.15. The second-order valence-corrected chi connectivity index (χ2v) is 6.87. The Hall–Kier alpha value is -0.970. The fourth-order valence-electron chi connectivity index (χ4n) is 3.88. The molecule has 1 aromatic carbocycles. The Balaban J connectivity index is 1.61. The SMILES string of the molecule is CC1CCc2c(F)cccc2C1NCC(O)CN1CCCC1. The quantitative estimate of drug-likeness (QED) is 0.877. The lowest BCUT2D eigenvalue weighted by Gasteiger charge is -2.33. The first kappa shape index (κ1) is 15.9. The van der Waals surface area contributed by atoms with Crippen molar-refractivity contribution in [3.8, 4) is 0 Å². The molecule has 1 fully saturated rings. The molecule has 1 heterocycles. The number of rotatable bonds is 5. The van der Waals surface area contributed by atoms with Gasteiger partial charge < -0.3 is 15.3 Å². The first-order valence-corrected chi connectivity index (χ1v) is 8.56. The van der Waals surface area contributed by atoms with Crippen LogP contribution in [0.3, 0.4) is 0 Å². The number of likely N-dealkylation sites (tertiary alicyclic amines) is 1.